The molecule has 1 saturated heterocycles. The zero-order valence-electron chi connectivity index (χ0n) is 8.40. The van der Waals surface area contributed by atoms with Gasteiger partial charge in [-0.15, -0.1) is 0 Å². The average Bonchev–Trinajstić information content (AvgIpc) is 2.66. The second kappa shape index (κ2) is 5.67. The Morgan fingerprint density at radius 2 is 2.27 bits per heavy atom. The molecule has 15 heavy (non-hydrogen) atoms. The van der Waals surface area contributed by atoms with Crippen molar-refractivity contribution in [1.82, 2.24) is 10.6 Å². The third-order valence-corrected chi connectivity index (χ3v) is 2.41. The molecule has 1 heterocycles. The molecular weight excluding hydrogens is 200 g/mol. The highest BCUT2D eigenvalue weighted by atomic mass is 16.4. The Hall–Kier alpha value is -1.14. The topological polar surface area (TPSA) is 98.7 Å². The summed E-state index contributed by atoms with van der Waals surface area (Å²) in [6, 6.07) is -1.06. The number of aliphatic hydroxyl groups is 1. The molecule has 6 heteroatoms. The molecule has 0 bridgehead atoms. The summed E-state index contributed by atoms with van der Waals surface area (Å²) in [6.45, 7) is 0.319. The number of carbonyl (C=O) groups excluding carboxylic acids is 1. The Balaban J connectivity index is 2.30. The molecule has 0 aromatic carbocycles. The molecular formula is C9H16N2O4. The lowest BCUT2D eigenvalue weighted by Crippen LogP contribution is -2.44. The zero-order valence-corrected chi connectivity index (χ0v) is 8.40. The molecule has 0 radical (unpaired) electrons. The minimum atomic E-state index is -1.22. The maximum absolute atomic E-state index is 11.3. The highest BCUT2D eigenvalue weighted by Crippen LogP contribution is 2.08. The van der Waals surface area contributed by atoms with Crippen LogP contribution in [0.25, 0.3) is 0 Å². The number of carboxylic acids is 1. The summed E-state index contributed by atoms with van der Waals surface area (Å²) >= 11 is 0. The van der Waals surface area contributed by atoms with E-state index in [-0.39, 0.29) is 18.4 Å². The molecule has 0 spiro atoms. The Morgan fingerprint density at radius 3 is 2.73 bits per heavy atom. The van der Waals surface area contributed by atoms with E-state index in [0.717, 1.165) is 19.4 Å². The summed E-state index contributed by atoms with van der Waals surface area (Å²) in [5.74, 6) is -1.55. The van der Waals surface area contributed by atoms with E-state index in [9.17, 15) is 9.59 Å². The van der Waals surface area contributed by atoms with E-state index in [2.05, 4.69) is 10.6 Å². The van der Waals surface area contributed by atoms with Gasteiger partial charge in [-0.25, -0.2) is 4.79 Å². The van der Waals surface area contributed by atoms with Crippen LogP contribution in [0.3, 0.4) is 0 Å². The van der Waals surface area contributed by atoms with E-state index in [0.29, 0.717) is 0 Å². The first kappa shape index (κ1) is 11.9. The van der Waals surface area contributed by atoms with Crippen LogP contribution in [0.1, 0.15) is 19.3 Å². The number of hydrogen-bond acceptors (Lipinski definition) is 4. The lowest BCUT2D eigenvalue weighted by atomic mass is 10.1. The normalized spacial score (nSPS) is 22.3. The quantitative estimate of drug-likeness (QED) is 0.457. The van der Waals surface area contributed by atoms with Crippen molar-refractivity contribution < 1.29 is 19.8 Å². The summed E-state index contributed by atoms with van der Waals surface area (Å²) < 4.78 is 0. The summed E-state index contributed by atoms with van der Waals surface area (Å²) in [6.07, 6.45) is 2.24. The Labute approximate surface area is 87.7 Å². The third kappa shape index (κ3) is 3.85. The van der Waals surface area contributed by atoms with Crippen LogP contribution in [-0.4, -0.2) is 47.3 Å². The van der Waals surface area contributed by atoms with Gasteiger partial charge in [0.15, 0.2) is 0 Å². The third-order valence-electron chi connectivity index (χ3n) is 2.41. The van der Waals surface area contributed by atoms with Crippen LogP contribution < -0.4 is 10.6 Å². The van der Waals surface area contributed by atoms with Crippen LogP contribution in [0.2, 0.25) is 0 Å². The number of amides is 1. The highest BCUT2D eigenvalue weighted by molar-refractivity contribution is 5.83. The van der Waals surface area contributed by atoms with E-state index >= 15 is 0 Å². The van der Waals surface area contributed by atoms with Crippen molar-refractivity contribution in [3.63, 3.8) is 0 Å². The number of carbonyl (C=O) groups is 2. The number of hydrogen-bond donors (Lipinski definition) is 4. The minimum absolute atomic E-state index is 0.137. The SMILES string of the molecule is O=C(CC1CCCN1)NC(CO)C(=O)O. The van der Waals surface area contributed by atoms with Gasteiger partial charge in [0.1, 0.15) is 6.04 Å². The molecule has 0 aromatic heterocycles. The van der Waals surface area contributed by atoms with E-state index in [1.54, 1.807) is 0 Å². The van der Waals surface area contributed by atoms with Gasteiger partial charge >= 0.3 is 5.97 Å². The van der Waals surface area contributed by atoms with E-state index in [1.807, 2.05) is 0 Å². The van der Waals surface area contributed by atoms with Gasteiger partial charge in [0.2, 0.25) is 5.91 Å². The van der Waals surface area contributed by atoms with Gasteiger partial charge in [0.05, 0.1) is 6.61 Å². The summed E-state index contributed by atoms with van der Waals surface area (Å²) in [5.41, 5.74) is 0. The molecule has 0 saturated carbocycles. The predicted octanol–water partition coefficient (Wildman–Crippen LogP) is -1.31. The molecule has 2 atom stereocenters. The van der Waals surface area contributed by atoms with Crippen LogP contribution in [0.5, 0.6) is 0 Å². The van der Waals surface area contributed by atoms with Crippen molar-refractivity contribution in [2.24, 2.45) is 0 Å². The minimum Gasteiger partial charge on any atom is -0.480 e. The maximum atomic E-state index is 11.3. The van der Waals surface area contributed by atoms with Gasteiger partial charge < -0.3 is 20.8 Å². The van der Waals surface area contributed by atoms with Gasteiger partial charge in [-0.3, -0.25) is 4.79 Å². The standard InChI is InChI=1S/C9H16N2O4/c12-5-7(9(14)15)11-8(13)4-6-2-1-3-10-6/h6-7,10,12H,1-5H2,(H,11,13)(H,14,15). The molecule has 1 rings (SSSR count). The zero-order chi connectivity index (χ0) is 11.3. The smallest absolute Gasteiger partial charge is 0.328 e. The van der Waals surface area contributed by atoms with Crippen molar-refractivity contribution in [3.8, 4) is 0 Å². The summed E-state index contributed by atoms with van der Waals surface area (Å²) in [7, 11) is 0. The summed E-state index contributed by atoms with van der Waals surface area (Å²) in [5, 5.41) is 22.7. The first-order valence-corrected chi connectivity index (χ1v) is 5.00. The van der Waals surface area contributed by atoms with Gasteiger partial charge in [0, 0.05) is 12.5 Å². The fourth-order valence-corrected chi connectivity index (χ4v) is 1.59. The Kier molecular flexibility index (Phi) is 4.51. The Bertz CT molecular complexity index is 238. The van der Waals surface area contributed by atoms with E-state index in [1.165, 1.54) is 0 Å². The van der Waals surface area contributed by atoms with Crippen molar-refractivity contribution in [2.45, 2.75) is 31.3 Å². The van der Waals surface area contributed by atoms with Crippen molar-refractivity contribution >= 4 is 11.9 Å². The van der Waals surface area contributed by atoms with Crippen molar-refractivity contribution in [3.05, 3.63) is 0 Å². The molecule has 6 nitrogen and oxygen atoms in total. The first-order chi connectivity index (χ1) is 7.13. The van der Waals surface area contributed by atoms with Gasteiger partial charge in [-0.05, 0) is 19.4 Å². The molecule has 2 unspecified atom stereocenters. The number of nitrogens with one attached hydrogen (secondary N) is 2. The molecule has 1 amide bonds. The highest BCUT2D eigenvalue weighted by Gasteiger charge is 2.22. The number of aliphatic hydroxyl groups excluding tert-OH is 1. The number of rotatable bonds is 5. The van der Waals surface area contributed by atoms with Crippen molar-refractivity contribution in [2.75, 3.05) is 13.2 Å². The van der Waals surface area contributed by atoms with Crippen LogP contribution in [0.4, 0.5) is 0 Å². The molecule has 1 aliphatic heterocycles. The van der Waals surface area contributed by atoms with Crippen LogP contribution in [-0.2, 0) is 9.59 Å². The largest absolute Gasteiger partial charge is 0.480 e. The lowest BCUT2D eigenvalue weighted by molar-refractivity contribution is -0.143. The second-order valence-corrected chi connectivity index (χ2v) is 3.64. The molecule has 86 valence electrons. The maximum Gasteiger partial charge on any atom is 0.328 e. The van der Waals surface area contributed by atoms with Gasteiger partial charge in [0.25, 0.3) is 0 Å². The average molecular weight is 216 g/mol. The van der Waals surface area contributed by atoms with Crippen LogP contribution >= 0.6 is 0 Å². The summed E-state index contributed by atoms with van der Waals surface area (Å²) in [4.78, 5) is 21.9. The molecule has 4 N–H and O–H groups in total. The predicted molar refractivity (Wildman–Crippen MR) is 52.3 cm³/mol. The first-order valence-electron chi connectivity index (χ1n) is 5.00. The fraction of sp³-hybridized carbons (Fsp3) is 0.778. The van der Waals surface area contributed by atoms with Gasteiger partial charge in [-0.2, -0.15) is 0 Å². The van der Waals surface area contributed by atoms with Crippen LogP contribution in [0.15, 0.2) is 0 Å². The van der Waals surface area contributed by atoms with E-state index < -0.39 is 18.6 Å². The number of carboxylic acid groups (broad SMARTS) is 1. The second-order valence-electron chi connectivity index (χ2n) is 3.64. The monoisotopic (exact) mass is 216 g/mol. The van der Waals surface area contributed by atoms with Gasteiger partial charge in [-0.1, -0.05) is 0 Å². The Morgan fingerprint density at radius 1 is 1.53 bits per heavy atom. The molecule has 0 aromatic rings. The molecule has 1 fully saturated rings. The van der Waals surface area contributed by atoms with Crippen LogP contribution in [0, 0.1) is 0 Å². The molecule has 1 aliphatic rings. The number of aliphatic carboxylic acids is 1. The fourth-order valence-electron chi connectivity index (χ4n) is 1.59. The lowest BCUT2D eigenvalue weighted by Gasteiger charge is -2.14. The van der Waals surface area contributed by atoms with Crippen molar-refractivity contribution in [1.29, 1.82) is 0 Å². The van der Waals surface area contributed by atoms with E-state index in [4.69, 9.17) is 10.2 Å². The molecule has 0 aliphatic carbocycles.